The molecule has 0 saturated carbocycles. The first-order valence-corrected chi connectivity index (χ1v) is 5.62. The predicted octanol–water partition coefficient (Wildman–Crippen LogP) is 2.99. The van der Waals surface area contributed by atoms with Crippen molar-refractivity contribution in [3.63, 3.8) is 0 Å². The van der Waals surface area contributed by atoms with E-state index in [0.29, 0.717) is 11.9 Å². The second-order valence-electron chi connectivity index (χ2n) is 2.93. The molecule has 0 aliphatic rings. The SMILES string of the molecule is N#CC(CBr)CCOc1ccccc1. The topological polar surface area (TPSA) is 33.0 Å². The summed E-state index contributed by atoms with van der Waals surface area (Å²) in [5.74, 6) is 0.900. The summed E-state index contributed by atoms with van der Waals surface area (Å²) < 4.78 is 5.47. The highest BCUT2D eigenvalue weighted by Crippen LogP contribution is 2.11. The lowest BCUT2D eigenvalue weighted by Gasteiger charge is -2.07. The van der Waals surface area contributed by atoms with Crippen molar-refractivity contribution < 1.29 is 4.74 Å². The molecule has 0 amide bonds. The summed E-state index contributed by atoms with van der Waals surface area (Å²) >= 11 is 3.28. The van der Waals surface area contributed by atoms with Crippen molar-refractivity contribution in [1.82, 2.24) is 0 Å². The van der Waals surface area contributed by atoms with Crippen LogP contribution in [0.1, 0.15) is 6.42 Å². The van der Waals surface area contributed by atoms with Gasteiger partial charge in [0.25, 0.3) is 0 Å². The predicted molar refractivity (Wildman–Crippen MR) is 59.5 cm³/mol. The van der Waals surface area contributed by atoms with E-state index < -0.39 is 0 Å². The Bertz CT molecular complexity index is 294. The fourth-order valence-electron chi connectivity index (χ4n) is 1.01. The Morgan fingerprint density at radius 2 is 2.07 bits per heavy atom. The van der Waals surface area contributed by atoms with E-state index in [1.54, 1.807) is 0 Å². The molecule has 0 saturated heterocycles. The molecule has 0 aliphatic heterocycles. The highest BCUT2D eigenvalue weighted by molar-refractivity contribution is 9.09. The summed E-state index contributed by atoms with van der Waals surface area (Å²) in [6.07, 6.45) is 0.761. The summed E-state index contributed by atoms with van der Waals surface area (Å²) in [6, 6.07) is 11.8. The molecule has 3 heteroatoms. The van der Waals surface area contributed by atoms with Gasteiger partial charge in [-0.15, -0.1) is 0 Å². The van der Waals surface area contributed by atoms with Gasteiger partial charge in [-0.2, -0.15) is 5.26 Å². The molecule has 2 nitrogen and oxygen atoms in total. The lowest BCUT2D eigenvalue weighted by molar-refractivity contribution is 0.298. The number of hydrogen-bond donors (Lipinski definition) is 0. The number of nitrogens with zero attached hydrogens (tertiary/aromatic N) is 1. The largest absolute Gasteiger partial charge is 0.494 e. The van der Waals surface area contributed by atoms with Gasteiger partial charge in [-0.1, -0.05) is 34.1 Å². The Kier molecular flexibility index (Phi) is 5.09. The van der Waals surface area contributed by atoms with Crippen LogP contribution < -0.4 is 4.74 Å². The molecule has 14 heavy (non-hydrogen) atoms. The first-order chi connectivity index (χ1) is 6.86. The Morgan fingerprint density at radius 1 is 1.36 bits per heavy atom. The molecule has 0 fully saturated rings. The zero-order valence-electron chi connectivity index (χ0n) is 7.82. The number of halogens is 1. The minimum absolute atomic E-state index is 0.0405. The molecule has 0 aliphatic carbocycles. The van der Waals surface area contributed by atoms with Crippen molar-refractivity contribution in [3.05, 3.63) is 30.3 Å². The van der Waals surface area contributed by atoms with E-state index in [2.05, 4.69) is 22.0 Å². The van der Waals surface area contributed by atoms with Gasteiger partial charge in [0.2, 0.25) is 0 Å². The third-order valence-electron chi connectivity index (χ3n) is 1.85. The van der Waals surface area contributed by atoms with Crippen LogP contribution in [0.4, 0.5) is 0 Å². The maximum absolute atomic E-state index is 8.69. The molecule has 1 atom stereocenters. The van der Waals surface area contributed by atoms with Crippen LogP contribution in [-0.4, -0.2) is 11.9 Å². The Morgan fingerprint density at radius 3 is 2.64 bits per heavy atom. The molecular formula is C11H12BrNO. The van der Waals surface area contributed by atoms with Gasteiger partial charge < -0.3 is 4.74 Å². The number of ether oxygens (including phenoxy) is 1. The Balaban J connectivity index is 2.26. The van der Waals surface area contributed by atoms with Crippen LogP contribution in [0.5, 0.6) is 5.75 Å². The zero-order valence-corrected chi connectivity index (χ0v) is 9.40. The van der Waals surface area contributed by atoms with Gasteiger partial charge in [0.1, 0.15) is 5.75 Å². The van der Waals surface area contributed by atoms with E-state index in [4.69, 9.17) is 10.00 Å². The Labute approximate surface area is 92.6 Å². The van der Waals surface area contributed by atoms with Gasteiger partial charge in [-0.25, -0.2) is 0 Å². The van der Waals surface area contributed by atoms with Crippen molar-refractivity contribution in [2.45, 2.75) is 6.42 Å². The van der Waals surface area contributed by atoms with E-state index in [1.807, 2.05) is 30.3 Å². The molecule has 1 unspecified atom stereocenters. The average molecular weight is 254 g/mol. The third kappa shape index (κ3) is 3.80. The standard InChI is InChI=1S/C11H12BrNO/c12-8-10(9-13)6-7-14-11-4-2-1-3-5-11/h1-5,10H,6-8H2. The van der Waals surface area contributed by atoms with Crippen molar-refractivity contribution in [3.8, 4) is 11.8 Å². The van der Waals surface area contributed by atoms with Gasteiger partial charge in [0, 0.05) is 5.33 Å². The highest BCUT2D eigenvalue weighted by atomic mass is 79.9. The molecular weight excluding hydrogens is 242 g/mol. The molecule has 0 radical (unpaired) electrons. The second-order valence-corrected chi connectivity index (χ2v) is 3.58. The molecule has 74 valence electrons. The number of rotatable bonds is 5. The summed E-state index contributed by atoms with van der Waals surface area (Å²) in [7, 11) is 0. The quantitative estimate of drug-likeness (QED) is 0.757. The minimum Gasteiger partial charge on any atom is -0.494 e. The van der Waals surface area contributed by atoms with Crippen LogP contribution in [0.25, 0.3) is 0 Å². The Hall–Kier alpha value is -1.01. The maximum atomic E-state index is 8.69. The summed E-state index contributed by atoms with van der Waals surface area (Å²) in [4.78, 5) is 0. The first kappa shape index (κ1) is 11.1. The average Bonchev–Trinajstić information content (AvgIpc) is 2.26. The van der Waals surface area contributed by atoms with Gasteiger partial charge in [-0.05, 0) is 18.6 Å². The summed E-state index contributed by atoms with van der Waals surface area (Å²) in [5, 5.41) is 9.40. The van der Waals surface area contributed by atoms with Crippen molar-refractivity contribution >= 4 is 15.9 Å². The lowest BCUT2D eigenvalue weighted by atomic mass is 10.1. The fraction of sp³-hybridized carbons (Fsp3) is 0.364. The number of hydrogen-bond acceptors (Lipinski definition) is 2. The van der Waals surface area contributed by atoms with Crippen molar-refractivity contribution in [2.24, 2.45) is 5.92 Å². The summed E-state index contributed by atoms with van der Waals surface area (Å²) in [6.45, 7) is 0.591. The molecule has 0 N–H and O–H groups in total. The molecule has 0 aromatic heterocycles. The number of para-hydroxylation sites is 1. The van der Waals surface area contributed by atoms with Crippen molar-refractivity contribution in [2.75, 3.05) is 11.9 Å². The van der Waals surface area contributed by atoms with Gasteiger partial charge >= 0.3 is 0 Å². The van der Waals surface area contributed by atoms with E-state index in [1.165, 1.54) is 0 Å². The van der Waals surface area contributed by atoms with E-state index in [-0.39, 0.29) is 5.92 Å². The minimum atomic E-state index is 0.0405. The van der Waals surface area contributed by atoms with E-state index >= 15 is 0 Å². The third-order valence-corrected chi connectivity index (χ3v) is 2.63. The van der Waals surface area contributed by atoms with Gasteiger partial charge in [0.15, 0.2) is 0 Å². The maximum Gasteiger partial charge on any atom is 0.119 e. The smallest absolute Gasteiger partial charge is 0.119 e. The molecule has 1 aromatic carbocycles. The number of benzene rings is 1. The monoisotopic (exact) mass is 253 g/mol. The van der Waals surface area contributed by atoms with Crippen LogP contribution in [0.2, 0.25) is 0 Å². The molecule has 1 rings (SSSR count). The molecule has 0 heterocycles. The lowest BCUT2D eigenvalue weighted by Crippen LogP contribution is -2.06. The molecule has 0 bridgehead atoms. The van der Waals surface area contributed by atoms with Crippen LogP contribution in [-0.2, 0) is 0 Å². The van der Waals surface area contributed by atoms with Gasteiger partial charge in [0.05, 0.1) is 18.6 Å². The first-order valence-electron chi connectivity index (χ1n) is 4.50. The van der Waals surface area contributed by atoms with Crippen LogP contribution >= 0.6 is 15.9 Å². The van der Waals surface area contributed by atoms with Crippen LogP contribution in [0, 0.1) is 17.2 Å². The van der Waals surface area contributed by atoms with E-state index in [0.717, 1.165) is 12.2 Å². The zero-order chi connectivity index (χ0) is 10.2. The van der Waals surface area contributed by atoms with Crippen LogP contribution in [0.3, 0.4) is 0 Å². The van der Waals surface area contributed by atoms with Crippen molar-refractivity contribution in [1.29, 1.82) is 5.26 Å². The summed E-state index contributed by atoms with van der Waals surface area (Å²) in [5.41, 5.74) is 0. The van der Waals surface area contributed by atoms with Crippen LogP contribution in [0.15, 0.2) is 30.3 Å². The number of alkyl halides is 1. The van der Waals surface area contributed by atoms with E-state index in [9.17, 15) is 0 Å². The normalized spacial score (nSPS) is 11.7. The fourth-order valence-corrected chi connectivity index (χ4v) is 1.48. The van der Waals surface area contributed by atoms with Gasteiger partial charge in [-0.3, -0.25) is 0 Å². The number of nitriles is 1. The second kappa shape index (κ2) is 6.44. The molecule has 0 spiro atoms. The highest BCUT2D eigenvalue weighted by Gasteiger charge is 2.04. The molecule has 1 aromatic rings.